The highest BCUT2D eigenvalue weighted by Crippen LogP contribution is 2.18. The van der Waals surface area contributed by atoms with Crippen LogP contribution in [0.1, 0.15) is 20.8 Å². The number of rotatable bonds is 3. The molecule has 2 rings (SSSR count). The molecule has 3 unspecified atom stereocenters. The maximum Gasteiger partial charge on any atom is 0.241 e. The Morgan fingerprint density at radius 2 is 1.95 bits per heavy atom. The number of hydrogen-bond donors (Lipinski definition) is 1. The number of amides is 1. The van der Waals surface area contributed by atoms with E-state index in [1.165, 1.54) is 6.07 Å². The molecule has 1 aliphatic heterocycles. The molecule has 21 heavy (non-hydrogen) atoms. The Hall–Kier alpha value is -1.53. The Morgan fingerprint density at radius 1 is 1.33 bits per heavy atom. The molecule has 1 heterocycles. The molecular weight excluding hydrogens is 278 g/mol. The molecule has 0 aliphatic carbocycles. The second-order valence-corrected chi connectivity index (χ2v) is 5.50. The van der Waals surface area contributed by atoms with Crippen molar-refractivity contribution < 1.29 is 18.3 Å². The van der Waals surface area contributed by atoms with Gasteiger partial charge in [0.1, 0.15) is 11.6 Å². The van der Waals surface area contributed by atoms with Crippen LogP contribution < -0.4 is 5.32 Å². The summed E-state index contributed by atoms with van der Waals surface area (Å²) >= 11 is 0. The van der Waals surface area contributed by atoms with Crippen molar-refractivity contribution in [2.24, 2.45) is 0 Å². The van der Waals surface area contributed by atoms with E-state index >= 15 is 0 Å². The van der Waals surface area contributed by atoms with Gasteiger partial charge in [0.05, 0.1) is 23.9 Å². The van der Waals surface area contributed by atoms with Crippen molar-refractivity contribution >= 4 is 11.6 Å². The predicted octanol–water partition coefficient (Wildman–Crippen LogP) is 2.40. The van der Waals surface area contributed by atoms with Gasteiger partial charge in [-0.25, -0.2) is 8.78 Å². The Bertz CT molecular complexity index is 514. The third-order valence-corrected chi connectivity index (χ3v) is 3.56. The van der Waals surface area contributed by atoms with Gasteiger partial charge < -0.3 is 10.1 Å². The maximum atomic E-state index is 13.6. The molecule has 1 aliphatic rings. The second-order valence-electron chi connectivity index (χ2n) is 5.50. The third-order valence-electron chi connectivity index (χ3n) is 3.56. The van der Waals surface area contributed by atoms with Crippen molar-refractivity contribution in [3.63, 3.8) is 0 Å². The first-order valence-corrected chi connectivity index (χ1v) is 7.02. The summed E-state index contributed by atoms with van der Waals surface area (Å²) in [4.78, 5) is 14.2. The summed E-state index contributed by atoms with van der Waals surface area (Å²) in [6, 6.07) is 2.67. The fourth-order valence-corrected chi connectivity index (χ4v) is 2.53. The highest BCUT2D eigenvalue weighted by atomic mass is 19.1. The molecule has 116 valence electrons. The van der Waals surface area contributed by atoms with E-state index in [1.54, 1.807) is 6.92 Å². The Labute approximate surface area is 123 Å². The van der Waals surface area contributed by atoms with Crippen LogP contribution in [0.25, 0.3) is 0 Å². The zero-order valence-corrected chi connectivity index (χ0v) is 12.4. The minimum atomic E-state index is -0.778. The average Bonchev–Trinajstić information content (AvgIpc) is 2.40. The number of ether oxygens (including phenoxy) is 1. The number of benzene rings is 1. The quantitative estimate of drug-likeness (QED) is 0.931. The molecule has 3 atom stereocenters. The lowest BCUT2D eigenvalue weighted by atomic mass is 10.1. The third kappa shape index (κ3) is 3.98. The molecule has 1 saturated heterocycles. The van der Waals surface area contributed by atoms with Gasteiger partial charge in [-0.05, 0) is 32.9 Å². The molecule has 0 bridgehead atoms. The zero-order valence-electron chi connectivity index (χ0n) is 12.4. The van der Waals surface area contributed by atoms with Gasteiger partial charge in [-0.3, -0.25) is 9.69 Å². The molecule has 1 aromatic rings. The smallest absolute Gasteiger partial charge is 0.241 e. The number of halogens is 2. The molecule has 1 amide bonds. The largest absolute Gasteiger partial charge is 0.373 e. The maximum absolute atomic E-state index is 13.6. The highest BCUT2D eigenvalue weighted by molar-refractivity contribution is 5.94. The van der Waals surface area contributed by atoms with Crippen molar-refractivity contribution in [2.75, 3.05) is 18.4 Å². The Kier molecular flexibility index (Phi) is 4.90. The van der Waals surface area contributed by atoms with Crippen LogP contribution in [0.5, 0.6) is 0 Å². The van der Waals surface area contributed by atoms with E-state index in [-0.39, 0.29) is 23.8 Å². The summed E-state index contributed by atoms with van der Waals surface area (Å²) < 4.78 is 32.0. The van der Waals surface area contributed by atoms with Crippen molar-refractivity contribution in [2.45, 2.75) is 39.0 Å². The van der Waals surface area contributed by atoms with Crippen molar-refractivity contribution in [3.8, 4) is 0 Å². The normalized spacial score (nSPS) is 24.6. The minimum Gasteiger partial charge on any atom is -0.373 e. The lowest BCUT2D eigenvalue weighted by molar-refractivity contribution is -0.126. The van der Waals surface area contributed by atoms with Crippen LogP contribution in [-0.2, 0) is 9.53 Å². The van der Waals surface area contributed by atoms with Gasteiger partial charge in [-0.2, -0.15) is 0 Å². The van der Waals surface area contributed by atoms with Crippen LogP contribution in [0.2, 0.25) is 0 Å². The summed E-state index contributed by atoms with van der Waals surface area (Å²) in [6.45, 7) is 6.96. The number of anilines is 1. The summed E-state index contributed by atoms with van der Waals surface area (Å²) in [5.74, 6) is -1.77. The van der Waals surface area contributed by atoms with Crippen LogP contribution in [0.4, 0.5) is 14.5 Å². The number of carbonyl (C=O) groups excluding carboxylic acids is 1. The summed E-state index contributed by atoms with van der Waals surface area (Å²) in [5.41, 5.74) is -0.0115. The van der Waals surface area contributed by atoms with Gasteiger partial charge in [-0.15, -0.1) is 0 Å². The topological polar surface area (TPSA) is 41.6 Å². The van der Waals surface area contributed by atoms with Crippen LogP contribution in [0, 0.1) is 11.6 Å². The SMILES string of the molecule is CC1CN(C(C)C(=O)Nc2ccc(F)cc2F)CC(C)O1. The van der Waals surface area contributed by atoms with E-state index in [9.17, 15) is 13.6 Å². The van der Waals surface area contributed by atoms with Crippen molar-refractivity contribution in [1.82, 2.24) is 4.90 Å². The van der Waals surface area contributed by atoms with Crippen molar-refractivity contribution in [3.05, 3.63) is 29.8 Å². The molecule has 1 aromatic carbocycles. The number of nitrogens with zero attached hydrogens (tertiary/aromatic N) is 1. The first-order valence-electron chi connectivity index (χ1n) is 7.02. The van der Waals surface area contributed by atoms with E-state index < -0.39 is 17.7 Å². The molecule has 4 nitrogen and oxygen atoms in total. The molecule has 0 saturated carbocycles. The molecule has 0 aromatic heterocycles. The van der Waals surface area contributed by atoms with Crippen molar-refractivity contribution in [1.29, 1.82) is 0 Å². The van der Waals surface area contributed by atoms with E-state index in [1.807, 2.05) is 18.7 Å². The fourth-order valence-electron chi connectivity index (χ4n) is 2.53. The summed E-state index contributed by atoms with van der Waals surface area (Å²) in [5, 5.41) is 2.50. The van der Waals surface area contributed by atoms with Gasteiger partial charge in [0.25, 0.3) is 0 Å². The summed E-state index contributed by atoms with van der Waals surface area (Å²) in [7, 11) is 0. The van der Waals surface area contributed by atoms with Crippen LogP contribution in [-0.4, -0.2) is 42.1 Å². The Morgan fingerprint density at radius 3 is 2.52 bits per heavy atom. The first-order chi connectivity index (χ1) is 9.86. The lowest BCUT2D eigenvalue weighted by Crippen LogP contribution is -2.52. The van der Waals surface area contributed by atoms with E-state index in [4.69, 9.17) is 4.74 Å². The number of carbonyl (C=O) groups is 1. The van der Waals surface area contributed by atoms with Crippen LogP contribution in [0.15, 0.2) is 18.2 Å². The second kappa shape index (κ2) is 6.49. The van der Waals surface area contributed by atoms with Crippen LogP contribution in [0.3, 0.4) is 0 Å². The highest BCUT2D eigenvalue weighted by Gasteiger charge is 2.29. The molecule has 0 radical (unpaired) electrons. The van der Waals surface area contributed by atoms with Gasteiger partial charge in [0.2, 0.25) is 5.91 Å². The monoisotopic (exact) mass is 298 g/mol. The molecule has 1 N–H and O–H groups in total. The number of nitrogens with one attached hydrogen (secondary N) is 1. The predicted molar refractivity (Wildman–Crippen MR) is 76.0 cm³/mol. The average molecular weight is 298 g/mol. The minimum absolute atomic E-state index is 0.0115. The fraction of sp³-hybridized carbons (Fsp3) is 0.533. The molecule has 1 fully saturated rings. The molecular formula is C15H20F2N2O2. The number of hydrogen-bond acceptors (Lipinski definition) is 3. The molecule has 6 heteroatoms. The van der Waals surface area contributed by atoms with Gasteiger partial charge in [0, 0.05) is 19.2 Å². The van der Waals surface area contributed by atoms with E-state index in [2.05, 4.69) is 5.32 Å². The summed E-state index contributed by atoms with van der Waals surface area (Å²) in [6.07, 6.45) is 0.0955. The molecule has 0 spiro atoms. The zero-order chi connectivity index (χ0) is 15.6. The Balaban J connectivity index is 2.02. The standard InChI is InChI=1S/C15H20F2N2O2/c1-9-7-19(8-10(2)21-9)11(3)15(20)18-14-5-4-12(16)6-13(14)17/h4-6,9-11H,7-8H2,1-3H3,(H,18,20). The van der Waals surface area contributed by atoms with Gasteiger partial charge >= 0.3 is 0 Å². The van der Waals surface area contributed by atoms with Crippen LogP contribution >= 0.6 is 0 Å². The number of morpholine rings is 1. The van der Waals surface area contributed by atoms with Gasteiger partial charge in [0.15, 0.2) is 0 Å². The van der Waals surface area contributed by atoms with Gasteiger partial charge in [-0.1, -0.05) is 0 Å². The van der Waals surface area contributed by atoms with E-state index in [0.29, 0.717) is 13.1 Å². The lowest BCUT2D eigenvalue weighted by Gasteiger charge is -2.38. The first kappa shape index (κ1) is 15.9. The van der Waals surface area contributed by atoms with E-state index in [0.717, 1.165) is 12.1 Å².